The summed E-state index contributed by atoms with van der Waals surface area (Å²) in [5, 5.41) is 39.6. The maximum atomic E-state index is 13.8. The lowest BCUT2D eigenvalue weighted by molar-refractivity contribution is -0.711. The smallest absolute Gasteiger partial charge is 0.150 e. The fraction of sp³-hybridized carbons (Fsp3) is 0.920. The van der Waals surface area contributed by atoms with Gasteiger partial charge in [0, 0.05) is 50.0 Å². The van der Waals surface area contributed by atoms with Crippen LogP contribution in [0.3, 0.4) is 0 Å². The first-order valence-corrected chi connectivity index (χ1v) is 25.1. The van der Waals surface area contributed by atoms with Crippen LogP contribution >= 0.6 is 0 Å². The molecular formula is C50H85N3O6+2. The lowest BCUT2D eigenvalue weighted by Gasteiger charge is -2.47. The molecule has 9 N–H and O–H groups in total. The minimum absolute atomic E-state index is 0.0493. The predicted octanol–water partition coefficient (Wildman–Crippen LogP) is 4.88. The summed E-state index contributed by atoms with van der Waals surface area (Å²) in [5.74, 6) is 12.5. The van der Waals surface area contributed by atoms with Crippen LogP contribution in [0.1, 0.15) is 161 Å². The topological polar surface area (TPSA) is 163 Å². The molecule has 7 aliphatic rings. The fourth-order valence-corrected chi connectivity index (χ4v) is 14.5. The van der Waals surface area contributed by atoms with E-state index in [0.29, 0.717) is 79.4 Å². The van der Waals surface area contributed by atoms with Gasteiger partial charge < -0.3 is 30.7 Å². The number of ether oxygens (including phenoxy) is 1. The molecule has 2 aliphatic heterocycles. The van der Waals surface area contributed by atoms with Gasteiger partial charge in [0.1, 0.15) is 23.7 Å². The number of carbonyl (C=O) groups is 2. The number of aliphatic hydroxyl groups excluding tert-OH is 3. The summed E-state index contributed by atoms with van der Waals surface area (Å²) in [6.07, 6.45) is 21.9. The van der Waals surface area contributed by atoms with Crippen LogP contribution in [0.15, 0.2) is 0 Å². The number of nitrogens with two attached hydrogens (primary N) is 3. The highest BCUT2D eigenvalue weighted by Gasteiger charge is 2.45. The molecule has 0 aromatic heterocycles. The molecule has 334 valence electrons. The molecule has 59 heavy (non-hydrogen) atoms. The van der Waals surface area contributed by atoms with E-state index in [1.165, 1.54) is 57.8 Å². The summed E-state index contributed by atoms with van der Waals surface area (Å²) in [4.78, 5) is 25.8. The molecular weight excluding hydrogens is 739 g/mol. The molecule has 18 unspecified atom stereocenters. The van der Waals surface area contributed by atoms with Gasteiger partial charge in [-0.1, -0.05) is 57.3 Å². The first-order valence-electron chi connectivity index (χ1n) is 25.1. The third kappa shape index (κ3) is 11.8. The first kappa shape index (κ1) is 45.6. The van der Waals surface area contributed by atoms with Gasteiger partial charge in [0.05, 0.1) is 50.0 Å². The van der Waals surface area contributed by atoms with E-state index in [1.54, 1.807) is 7.11 Å². The Kier molecular flexibility index (Phi) is 16.9. The van der Waals surface area contributed by atoms with Crippen molar-refractivity contribution in [2.45, 2.75) is 198 Å². The quantitative estimate of drug-likeness (QED) is 0.101. The molecule has 6 fully saturated rings. The predicted molar refractivity (Wildman–Crippen MR) is 230 cm³/mol. The molecule has 9 heteroatoms. The number of carbonyl (C=O) groups excluding carboxylic acids is 2. The van der Waals surface area contributed by atoms with Crippen molar-refractivity contribution in [3.63, 3.8) is 0 Å². The van der Waals surface area contributed by atoms with Crippen molar-refractivity contribution >= 4 is 11.6 Å². The highest BCUT2D eigenvalue weighted by atomic mass is 16.5. The summed E-state index contributed by atoms with van der Waals surface area (Å²) < 4.78 is 5.74. The number of rotatable bonds is 15. The molecule has 9 nitrogen and oxygen atoms in total. The molecule has 0 aromatic carbocycles. The first-order chi connectivity index (χ1) is 28.6. The average molecular weight is 824 g/mol. The van der Waals surface area contributed by atoms with Gasteiger partial charge in [-0.05, 0) is 131 Å². The van der Waals surface area contributed by atoms with Gasteiger partial charge >= 0.3 is 0 Å². The van der Waals surface area contributed by atoms with Crippen molar-refractivity contribution in [2.24, 2.45) is 76.7 Å². The number of piperidine rings is 2. The third-order valence-electron chi connectivity index (χ3n) is 18.0. The number of ketones is 2. The number of aliphatic hydroxyl groups is 3. The molecule has 0 bridgehead atoms. The van der Waals surface area contributed by atoms with E-state index in [9.17, 15) is 24.9 Å². The molecule has 4 saturated carbocycles. The van der Waals surface area contributed by atoms with Crippen LogP contribution in [-0.2, 0) is 14.3 Å². The van der Waals surface area contributed by atoms with Crippen molar-refractivity contribution in [1.29, 1.82) is 0 Å². The lowest BCUT2D eigenvalue weighted by atomic mass is 9.60. The van der Waals surface area contributed by atoms with Crippen molar-refractivity contribution in [3.8, 4) is 11.8 Å². The molecule has 2 heterocycles. The van der Waals surface area contributed by atoms with Gasteiger partial charge in [-0.3, -0.25) is 15.3 Å². The largest absolute Gasteiger partial charge is 0.393 e. The van der Waals surface area contributed by atoms with Crippen LogP contribution in [0.2, 0.25) is 0 Å². The molecule has 0 aromatic rings. The second-order valence-corrected chi connectivity index (χ2v) is 21.5. The van der Waals surface area contributed by atoms with Crippen LogP contribution in [0, 0.1) is 82.9 Å². The zero-order chi connectivity index (χ0) is 41.5. The van der Waals surface area contributed by atoms with Gasteiger partial charge in [0.2, 0.25) is 0 Å². The molecule has 5 aliphatic carbocycles. The Hall–Kier alpha value is -1.38. The van der Waals surface area contributed by atoms with Crippen LogP contribution in [0.4, 0.5) is 0 Å². The van der Waals surface area contributed by atoms with E-state index < -0.39 is 24.2 Å². The van der Waals surface area contributed by atoms with Crippen molar-refractivity contribution < 1.29 is 40.3 Å². The molecule has 2 saturated heterocycles. The van der Waals surface area contributed by atoms with Gasteiger partial charge in [-0.2, -0.15) is 0 Å². The summed E-state index contributed by atoms with van der Waals surface area (Å²) in [6.45, 7) is 4.53. The van der Waals surface area contributed by atoms with Crippen molar-refractivity contribution in [3.05, 3.63) is 0 Å². The number of unbranched alkanes of at least 4 members (excludes halogenated alkanes) is 1. The number of Topliss-reactive ketones (excluding diaryl/α,β-unsaturated/α-hetero) is 2. The fourth-order valence-electron chi connectivity index (χ4n) is 14.5. The second-order valence-electron chi connectivity index (χ2n) is 21.5. The van der Waals surface area contributed by atoms with E-state index in [1.807, 2.05) is 0 Å². The van der Waals surface area contributed by atoms with E-state index >= 15 is 0 Å². The highest BCUT2D eigenvalue weighted by molar-refractivity contribution is 5.84. The summed E-state index contributed by atoms with van der Waals surface area (Å²) in [6, 6.07) is 0.484. The molecule has 0 radical (unpaired) electrons. The van der Waals surface area contributed by atoms with Gasteiger partial charge in [-0.25, -0.2) is 0 Å². The Labute approximate surface area is 357 Å². The second kappa shape index (κ2) is 21.8. The number of quaternary nitrogens is 2. The maximum absolute atomic E-state index is 13.8. The summed E-state index contributed by atoms with van der Waals surface area (Å²) >= 11 is 0. The van der Waals surface area contributed by atoms with Crippen LogP contribution < -0.4 is 16.4 Å². The zero-order valence-corrected chi connectivity index (χ0v) is 37.1. The van der Waals surface area contributed by atoms with Crippen molar-refractivity contribution in [2.75, 3.05) is 20.2 Å². The average Bonchev–Trinajstić information content (AvgIpc) is 3.30. The number of hydrogen-bond donors (Lipinski definition) is 6. The lowest BCUT2D eigenvalue weighted by Crippen LogP contribution is -2.96. The van der Waals surface area contributed by atoms with E-state index in [-0.39, 0.29) is 35.8 Å². The van der Waals surface area contributed by atoms with E-state index in [0.717, 1.165) is 89.1 Å². The summed E-state index contributed by atoms with van der Waals surface area (Å²) in [7, 11) is 1.67. The van der Waals surface area contributed by atoms with Crippen LogP contribution in [-0.4, -0.2) is 83.7 Å². The summed E-state index contributed by atoms with van der Waals surface area (Å²) in [5.41, 5.74) is 6.65. The maximum Gasteiger partial charge on any atom is 0.150 e. The minimum Gasteiger partial charge on any atom is -0.393 e. The SMILES string of the molecule is CCC1C[NH2+]C(N)CC1C(CC(O)CCC1C#CC(C(O)CCCCC2C[NH2+]C3CC(=O)CCC3C2)C(=O)CCC2CC(OC)C(O)CC12)C1CCC2CCCCC2C1. The standard InChI is InChI=1S/C50H83N3O6/c1-3-32-30-53-50(51)28-44(32)43(36-13-12-33-9-5-6-10-35(33)23-36)25-39(54)18-14-34-16-20-41(47(57)21-17-37-24-49(59-2)48(58)27-42(34)37)46(56)11-7-4-8-31-22-38-15-19-40(55)26-45(38)52-29-31/h31-39,41-46,48-50,52-54,56,58H,3-15,17-19,21-30,51H2,1-2H3/p+2. The van der Waals surface area contributed by atoms with Crippen LogP contribution in [0.25, 0.3) is 0 Å². The van der Waals surface area contributed by atoms with E-state index in [2.05, 4.69) is 29.4 Å². The third-order valence-corrected chi connectivity index (χ3v) is 18.0. The zero-order valence-electron chi connectivity index (χ0n) is 37.1. The van der Waals surface area contributed by atoms with E-state index in [4.69, 9.17) is 10.5 Å². The van der Waals surface area contributed by atoms with Gasteiger partial charge in [-0.15, -0.1) is 0 Å². The van der Waals surface area contributed by atoms with Gasteiger partial charge in [0.15, 0.2) is 0 Å². The van der Waals surface area contributed by atoms with Crippen LogP contribution in [0.5, 0.6) is 0 Å². The Balaban J connectivity index is 1.00. The Morgan fingerprint density at radius 3 is 2.46 bits per heavy atom. The number of methoxy groups -OCH3 is 1. The molecule has 18 atom stereocenters. The normalized spacial score (nSPS) is 42.0. The number of hydrogen-bond acceptors (Lipinski definition) is 7. The number of fused-ring (bicyclic) bond motifs is 3. The van der Waals surface area contributed by atoms with Gasteiger partial charge in [0.25, 0.3) is 0 Å². The Bertz CT molecular complexity index is 1420. The molecule has 0 amide bonds. The molecule has 0 spiro atoms. The Morgan fingerprint density at radius 1 is 0.831 bits per heavy atom. The highest BCUT2D eigenvalue weighted by Crippen LogP contribution is 2.49. The van der Waals surface area contributed by atoms with Crippen molar-refractivity contribution in [1.82, 2.24) is 0 Å². The Morgan fingerprint density at radius 2 is 1.64 bits per heavy atom. The minimum atomic E-state index is -0.782. The molecule has 7 rings (SSSR count). The monoisotopic (exact) mass is 824 g/mol.